The molecule has 0 N–H and O–H groups in total. The normalized spacial score (nSPS) is 11.1. The Morgan fingerprint density at radius 3 is 1.53 bits per heavy atom. The largest absolute Gasteiger partial charge is 0.206 e. The van der Waals surface area contributed by atoms with Gasteiger partial charge in [-0.2, -0.15) is 0 Å². The highest BCUT2D eigenvalue weighted by Gasteiger charge is 2.22. The summed E-state index contributed by atoms with van der Waals surface area (Å²) in [6, 6.07) is 11.2. The van der Waals surface area contributed by atoms with Crippen LogP contribution in [0.2, 0.25) is 0 Å². The molecule has 0 amide bonds. The lowest BCUT2D eigenvalue weighted by molar-refractivity contribution is 0.447. The number of halogens is 7. The van der Waals surface area contributed by atoms with E-state index in [1.807, 2.05) is 6.92 Å². The highest BCUT2D eigenvalue weighted by molar-refractivity contribution is 5.75. The van der Waals surface area contributed by atoms with Gasteiger partial charge in [0.05, 0.1) is 0 Å². The van der Waals surface area contributed by atoms with E-state index in [1.165, 1.54) is 0 Å². The molecule has 0 saturated heterocycles. The number of hydrogen-bond acceptors (Lipinski definition) is 0. The predicted molar refractivity (Wildman–Crippen MR) is 107 cm³/mol. The van der Waals surface area contributed by atoms with Crippen LogP contribution < -0.4 is 0 Å². The van der Waals surface area contributed by atoms with Crippen LogP contribution >= 0.6 is 0 Å². The van der Waals surface area contributed by atoms with Crippen LogP contribution in [-0.4, -0.2) is 0 Å². The highest BCUT2D eigenvalue weighted by atomic mass is 19.2. The molecule has 7 heteroatoms. The molecule has 0 aliphatic rings. The SMILES string of the molecule is Cc1ccc(-c2cc(F)c(-c3ccc(-c4cc(F)c(F)c(F)c4)c(F)c3F)cc2F)cc1. The molecule has 0 aliphatic heterocycles. The summed E-state index contributed by atoms with van der Waals surface area (Å²) >= 11 is 0. The van der Waals surface area contributed by atoms with Crippen molar-refractivity contribution in [1.29, 1.82) is 0 Å². The Bertz CT molecular complexity index is 1320. The van der Waals surface area contributed by atoms with E-state index >= 15 is 0 Å². The van der Waals surface area contributed by atoms with E-state index in [9.17, 15) is 30.7 Å². The Morgan fingerprint density at radius 1 is 0.406 bits per heavy atom. The minimum atomic E-state index is -1.75. The number of aryl methyl sites for hydroxylation is 1. The summed E-state index contributed by atoms with van der Waals surface area (Å²) in [6.45, 7) is 1.83. The van der Waals surface area contributed by atoms with Crippen LogP contribution in [0, 0.1) is 47.6 Å². The third-order valence-electron chi connectivity index (χ3n) is 5.09. The fraction of sp³-hybridized carbons (Fsp3) is 0.0400. The lowest BCUT2D eigenvalue weighted by atomic mass is 9.95. The molecule has 0 radical (unpaired) electrons. The van der Waals surface area contributed by atoms with Gasteiger partial charge in [-0.3, -0.25) is 0 Å². The topological polar surface area (TPSA) is 0 Å². The molecule has 0 bridgehead atoms. The molecule has 0 unspecified atom stereocenters. The molecule has 0 aromatic heterocycles. The molecule has 0 spiro atoms. The predicted octanol–water partition coefficient (Wildman–Crippen LogP) is 7.97. The van der Waals surface area contributed by atoms with Crippen molar-refractivity contribution in [2.75, 3.05) is 0 Å². The second-order valence-electron chi connectivity index (χ2n) is 7.22. The third-order valence-corrected chi connectivity index (χ3v) is 5.09. The summed E-state index contributed by atoms with van der Waals surface area (Å²) in [5.74, 6) is -9.85. The summed E-state index contributed by atoms with van der Waals surface area (Å²) in [5.41, 5.74) is -0.863. The first-order valence-electron chi connectivity index (χ1n) is 9.36. The van der Waals surface area contributed by atoms with Crippen molar-refractivity contribution in [1.82, 2.24) is 0 Å². The van der Waals surface area contributed by atoms with Crippen LogP contribution in [0.1, 0.15) is 5.56 Å². The molecule has 0 heterocycles. The first kappa shape index (κ1) is 21.6. The van der Waals surface area contributed by atoms with Gasteiger partial charge in [-0.15, -0.1) is 0 Å². The molecule has 4 aromatic carbocycles. The second-order valence-corrected chi connectivity index (χ2v) is 7.22. The van der Waals surface area contributed by atoms with Crippen molar-refractivity contribution in [2.45, 2.75) is 6.92 Å². The molecule has 0 saturated carbocycles. The van der Waals surface area contributed by atoms with Gasteiger partial charge in [0.1, 0.15) is 11.6 Å². The maximum Gasteiger partial charge on any atom is 0.194 e. The molecular formula is C25H13F7. The minimum Gasteiger partial charge on any atom is -0.206 e. The lowest BCUT2D eigenvalue weighted by Crippen LogP contribution is -1.99. The molecule has 4 aromatic rings. The molecule has 4 rings (SSSR count). The van der Waals surface area contributed by atoms with E-state index in [2.05, 4.69) is 0 Å². The van der Waals surface area contributed by atoms with Gasteiger partial charge < -0.3 is 0 Å². The van der Waals surface area contributed by atoms with Gasteiger partial charge >= 0.3 is 0 Å². The van der Waals surface area contributed by atoms with E-state index in [0.717, 1.165) is 29.8 Å². The average Bonchev–Trinajstić information content (AvgIpc) is 2.76. The fourth-order valence-corrected chi connectivity index (χ4v) is 3.40. The maximum atomic E-state index is 14.8. The van der Waals surface area contributed by atoms with E-state index in [1.54, 1.807) is 24.3 Å². The zero-order chi connectivity index (χ0) is 23.2. The van der Waals surface area contributed by atoms with E-state index in [-0.39, 0.29) is 5.56 Å². The summed E-state index contributed by atoms with van der Waals surface area (Å²) in [6.07, 6.45) is 0. The smallest absolute Gasteiger partial charge is 0.194 e. The van der Waals surface area contributed by atoms with Crippen molar-refractivity contribution in [3.8, 4) is 33.4 Å². The Hall–Kier alpha value is -3.61. The average molecular weight is 446 g/mol. The molecule has 32 heavy (non-hydrogen) atoms. The molecular weight excluding hydrogens is 433 g/mol. The molecule has 0 fully saturated rings. The zero-order valence-corrected chi connectivity index (χ0v) is 16.4. The van der Waals surface area contributed by atoms with Gasteiger partial charge in [0.2, 0.25) is 0 Å². The van der Waals surface area contributed by atoms with Crippen molar-refractivity contribution in [2.24, 2.45) is 0 Å². The van der Waals surface area contributed by atoms with Crippen LogP contribution in [0.25, 0.3) is 33.4 Å². The van der Waals surface area contributed by atoms with Crippen LogP contribution in [0.5, 0.6) is 0 Å². The number of benzene rings is 4. The Kier molecular flexibility index (Phi) is 5.50. The van der Waals surface area contributed by atoms with Crippen molar-refractivity contribution < 1.29 is 30.7 Å². The standard InChI is InChI=1S/C25H13F7/c1-12-2-4-13(5-3-12)17-10-20(27)18(11-19(17)26)16-7-6-15(23(30)24(16)31)14-8-21(28)25(32)22(29)9-14/h2-11H,1H3. The van der Waals surface area contributed by atoms with Crippen molar-refractivity contribution in [3.05, 3.63) is 107 Å². The fourth-order valence-electron chi connectivity index (χ4n) is 3.40. The summed E-state index contributed by atoms with van der Waals surface area (Å²) in [4.78, 5) is 0. The van der Waals surface area contributed by atoms with Crippen LogP contribution in [0.15, 0.2) is 60.7 Å². The molecule has 0 aliphatic carbocycles. The minimum absolute atomic E-state index is 0.0546. The number of hydrogen-bond donors (Lipinski definition) is 0. The number of rotatable bonds is 3. The monoisotopic (exact) mass is 446 g/mol. The zero-order valence-electron chi connectivity index (χ0n) is 16.4. The first-order chi connectivity index (χ1) is 15.2. The second kappa shape index (κ2) is 8.15. The van der Waals surface area contributed by atoms with Gasteiger partial charge in [-0.25, -0.2) is 30.7 Å². The van der Waals surface area contributed by atoms with Gasteiger partial charge in [0.15, 0.2) is 29.1 Å². The summed E-state index contributed by atoms with van der Waals surface area (Å²) < 4.78 is 99.0. The van der Waals surface area contributed by atoms with Crippen molar-refractivity contribution >= 4 is 0 Å². The van der Waals surface area contributed by atoms with Gasteiger partial charge in [0.25, 0.3) is 0 Å². The van der Waals surface area contributed by atoms with Gasteiger partial charge in [-0.1, -0.05) is 42.0 Å². The van der Waals surface area contributed by atoms with Gasteiger partial charge in [0, 0.05) is 22.3 Å². The maximum absolute atomic E-state index is 14.8. The van der Waals surface area contributed by atoms with E-state index < -0.39 is 63.0 Å². The Labute approximate surface area is 178 Å². The third kappa shape index (κ3) is 3.75. The van der Waals surface area contributed by atoms with Crippen LogP contribution in [0.4, 0.5) is 30.7 Å². The quantitative estimate of drug-likeness (QED) is 0.221. The van der Waals surface area contributed by atoms with E-state index in [4.69, 9.17) is 0 Å². The molecule has 0 atom stereocenters. The van der Waals surface area contributed by atoms with Gasteiger partial charge in [-0.05, 0) is 42.3 Å². The van der Waals surface area contributed by atoms with Crippen molar-refractivity contribution in [3.63, 3.8) is 0 Å². The van der Waals surface area contributed by atoms with Crippen LogP contribution in [0.3, 0.4) is 0 Å². The lowest BCUT2D eigenvalue weighted by Gasteiger charge is -2.12. The Balaban J connectivity index is 1.80. The molecule has 162 valence electrons. The van der Waals surface area contributed by atoms with Crippen LogP contribution in [-0.2, 0) is 0 Å². The summed E-state index contributed by atoms with van der Waals surface area (Å²) in [5, 5.41) is 0. The first-order valence-corrected chi connectivity index (χ1v) is 9.36. The van der Waals surface area contributed by atoms with E-state index in [0.29, 0.717) is 17.7 Å². The Morgan fingerprint density at radius 2 is 0.906 bits per heavy atom. The molecule has 0 nitrogen and oxygen atoms in total. The highest BCUT2D eigenvalue weighted by Crippen LogP contribution is 2.36. The summed E-state index contributed by atoms with van der Waals surface area (Å²) in [7, 11) is 0.